The molecule has 0 heterocycles. The molecule has 0 saturated heterocycles. The van der Waals surface area contributed by atoms with Crippen LogP contribution in [0.15, 0.2) is 47.2 Å². The fraction of sp³-hybridized carbons (Fsp3) is 0.576. The van der Waals surface area contributed by atoms with Crippen molar-refractivity contribution in [3.8, 4) is 6.07 Å². The number of allylic oxidation sites excluding steroid dienone is 3. The van der Waals surface area contributed by atoms with Gasteiger partial charge in [-0.1, -0.05) is 31.2 Å². The van der Waals surface area contributed by atoms with Crippen LogP contribution in [0.25, 0.3) is 0 Å². The average molecular weight is 593 g/mol. The van der Waals surface area contributed by atoms with Crippen molar-refractivity contribution in [2.24, 2.45) is 34.5 Å². The van der Waals surface area contributed by atoms with Gasteiger partial charge in [-0.3, -0.25) is 14.9 Å². The van der Waals surface area contributed by atoms with Gasteiger partial charge in [-0.25, -0.2) is 4.39 Å². The van der Waals surface area contributed by atoms with Crippen LogP contribution in [0.3, 0.4) is 0 Å². The Hall–Kier alpha value is -2.80. The fourth-order valence-electron chi connectivity index (χ4n) is 9.05. The number of hydrogen-bond donors (Lipinski definition) is 3. The number of carbonyl (C=O) groups is 2. The molecule has 4 saturated carbocycles. The molecule has 222 valence electrons. The molecule has 5 aliphatic rings. The van der Waals surface area contributed by atoms with Crippen molar-refractivity contribution >= 4 is 34.7 Å². The number of fused-ring (bicyclic) bond motifs is 5. The first-order valence-corrected chi connectivity index (χ1v) is 16.0. The van der Waals surface area contributed by atoms with E-state index in [0.29, 0.717) is 19.3 Å². The lowest BCUT2D eigenvalue weighted by atomic mass is 9.45. The van der Waals surface area contributed by atoms with Gasteiger partial charge in [0.05, 0.1) is 23.8 Å². The van der Waals surface area contributed by atoms with Crippen LogP contribution in [0, 0.1) is 57.1 Å². The summed E-state index contributed by atoms with van der Waals surface area (Å²) in [4.78, 5) is 26.8. The number of halogens is 1. The minimum Gasteiger partial charge on any atom is -0.449 e. The van der Waals surface area contributed by atoms with E-state index in [-0.39, 0.29) is 51.7 Å². The Morgan fingerprint density at radius 3 is 2.64 bits per heavy atom. The van der Waals surface area contributed by atoms with Gasteiger partial charge in [0.2, 0.25) is 5.12 Å². The lowest BCUT2D eigenvalue weighted by molar-refractivity contribution is -0.513. The van der Waals surface area contributed by atoms with Gasteiger partial charge in [-0.15, -0.1) is 0 Å². The van der Waals surface area contributed by atoms with E-state index in [0.717, 1.165) is 60.8 Å². The highest BCUT2D eigenvalue weighted by molar-refractivity contribution is 8.14. The number of esters is 1. The Morgan fingerprint density at radius 1 is 1.24 bits per heavy atom. The van der Waals surface area contributed by atoms with Gasteiger partial charge in [0.25, 0.3) is 0 Å². The lowest BCUT2D eigenvalue weighted by Crippen LogP contribution is -2.76. The van der Waals surface area contributed by atoms with Gasteiger partial charge < -0.3 is 15.3 Å². The summed E-state index contributed by atoms with van der Waals surface area (Å²) in [6.45, 7) is 4.24. The maximum absolute atomic E-state index is 13.8. The van der Waals surface area contributed by atoms with Crippen LogP contribution in [-0.4, -0.2) is 39.9 Å². The van der Waals surface area contributed by atoms with Gasteiger partial charge in [0.15, 0.2) is 5.60 Å². The van der Waals surface area contributed by atoms with Crippen molar-refractivity contribution in [2.45, 2.75) is 76.9 Å². The lowest BCUT2D eigenvalue weighted by Gasteiger charge is -2.60. The quantitative estimate of drug-likeness (QED) is 0.234. The topological polar surface area (TPSA) is 128 Å². The smallest absolute Gasteiger partial charge is 0.309 e. The SMILES string of the molecule is C[C@]12CC(C=N)=C([NH2+]c3ccc(F)cc3)C=C1CC[C@@H]1C2[C@@H](O)C[C@@]2(C)C1CC[C@]2(OC(=O)C1CC1)C(=O)SCC#N. The Balaban J connectivity index is 1.31. The van der Waals surface area contributed by atoms with Crippen LogP contribution in [0.2, 0.25) is 0 Å². The first kappa shape index (κ1) is 29.3. The highest BCUT2D eigenvalue weighted by Crippen LogP contribution is 2.69. The molecule has 0 spiro atoms. The molecule has 0 aromatic heterocycles. The molecular weight excluding hydrogens is 553 g/mol. The molecule has 6 rings (SSSR count). The second kappa shape index (κ2) is 10.7. The molecule has 4 N–H and O–H groups in total. The molecule has 1 aromatic carbocycles. The van der Waals surface area contributed by atoms with E-state index >= 15 is 0 Å². The van der Waals surface area contributed by atoms with E-state index in [4.69, 9.17) is 10.1 Å². The summed E-state index contributed by atoms with van der Waals surface area (Å²) in [7, 11) is 0. The van der Waals surface area contributed by atoms with Gasteiger partial charge in [0.1, 0.15) is 17.2 Å². The summed E-state index contributed by atoms with van der Waals surface area (Å²) < 4.78 is 19.7. The van der Waals surface area contributed by atoms with Gasteiger partial charge in [-0.2, -0.15) is 5.26 Å². The van der Waals surface area contributed by atoms with Crippen molar-refractivity contribution in [1.29, 1.82) is 10.7 Å². The molecule has 0 aliphatic heterocycles. The molecule has 2 unspecified atom stereocenters. The normalized spacial score (nSPS) is 37.1. The number of nitrogens with zero attached hydrogens (tertiary/aromatic N) is 1. The number of aliphatic hydroxyl groups is 1. The minimum atomic E-state index is -1.34. The van der Waals surface area contributed by atoms with Crippen LogP contribution >= 0.6 is 11.8 Å². The highest BCUT2D eigenvalue weighted by atomic mass is 32.2. The third-order valence-electron chi connectivity index (χ3n) is 11.2. The zero-order valence-electron chi connectivity index (χ0n) is 24.2. The van der Waals surface area contributed by atoms with Crippen molar-refractivity contribution in [1.82, 2.24) is 0 Å². The van der Waals surface area contributed by atoms with E-state index in [1.807, 2.05) is 18.3 Å². The largest absolute Gasteiger partial charge is 0.449 e. The first-order valence-electron chi connectivity index (χ1n) is 15.1. The Morgan fingerprint density at radius 2 is 1.98 bits per heavy atom. The van der Waals surface area contributed by atoms with Crippen molar-refractivity contribution in [2.75, 3.05) is 5.75 Å². The second-order valence-corrected chi connectivity index (χ2v) is 14.4. The number of quaternary nitrogens is 1. The maximum Gasteiger partial charge on any atom is 0.309 e. The highest BCUT2D eigenvalue weighted by Gasteiger charge is 2.71. The van der Waals surface area contributed by atoms with Crippen molar-refractivity contribution < 1.29 is 29.1 Å². The maximum atomic E-state index is 13.8. The summed E-state index contributed by atoms with van der Waals surface area (Å²) in [6.07, 6.45) is 8.22. The standard InChI is InChI=1S/C33H38FN3O4S/c1-31-16-20(18-36)26(37-23-8-6-22(34)7-9-23)15-21(31)5-10-24-25-11-12-33(30(40)42-14-13-35,41-29(39)19-3-4-19)32(25,2)17-27(38)28(24)31/h6-9,15,18-19,24-25,27-28,36-38H,3-5,10-12,14,16-17H2,1-2H3/p+1/t24-,25?,27-,28?,31-,32-,33-/m0/s1. The number of hydrogen-bond acceptors (Lipinski definition) is 7. The van der Waals surface area contributed by atoms with E-state index in [1.165, 1.54) is 23.9 Å². The number of rotatable bonds is 7. The molecule has 7 nitrogen and oxygen atoms in total. The van der Waals surface area contributed by atoms with E-state index in [1.54, 1.807) is 12.1 Å². The zero-order valence-corrected chi connectivity index (χ0v) is 25.0. The predicted octanol–water partition coefficient (Wildman–Crippen LogP) is 4.94. The average Bonchev–Trinajstić information content (AvgIpc) is 3.77. The molecule has 1 aromatic rings. The van der Waals surface area contributed by atoms with Crippen molar-refractivity contribution in [3.05, 3.63) is 53.0 Å². The second-order valence-electron chi connectivity index (χ2n) is 13.4. The van der Waals surface area contributed by atoms with Crippen LogP contribution in [0.5, 0.6) is 0 Å². The summed E-state index contributed by atoms with van der Waals surface area (Å²) in [5.74, 6) is -0.612. The summed E-state index contributed by atoms with van der Waals surface area (Å²) in [5.41, 5.74) is 1.54. The zero-order chi connectivity index (χ0) is 29.9. The summed E-state index contributed by atoms with van der Waals surface area (Å²) in [6, 6.07) is 8.37. The number of nitrogens with one attached hydrogen (secondary N) is 1. The van der Waals surface area contributed by atoms with Crippen LogP contribution in [0.4, 0.5) is 10.1 Å². The van der Waals surface area contributed by atoms with E-state index in [2.05, 4.69) is 13.0 Å². The van der Waals surface area contributed by atoms with Crippen LogP contribution < -0.4 is 5.32 Å². The number of nitriles is 1. The van der Waals surface area contributed by atoms with Gasteiger partial charge in [-0.05, 0) is 92.7 Å². The van der Waals surface area contributed by atoms with E-state index in [9.17, 15) is 24.3 Å². The number of nitrogens with two attached hydrogens (primary N) is 1. The van der Waals surface area contributed by atoms with Crippen LogP contribution in [-0.2, 0) is 14.3 Å². The molecule has 0 amide bonds. The first-order chi connectivity index (χ1) is 20.1. The Kier molecular flexibility index (Phi) is 7.48. The number of aliphatic hydroxyl groups excluding tert-OH is 1. The van der Waals surface area contributed by atoms with Gasteiger partial charge in [0, 0.05) is 29.3 Å². The summed E-state index contributed by atoms with van der Waals surface area (Å²) in [5, 5.41) is 31.2. The molecular formula is C33H39FN3O4S+. The van der Waals surface area contributed by atoms with Crippen LogP contribution in [0.1, 0.15) is 65.2 Å². The number of carbonyl (C=O) groups excluding carboxylic acids is 2. The third-order valence-corrected chi connectivity index (χ3v) is 12.1. The van der Waals surface area contributed by atoms with Gasteiger partial charge >= 0.3 is 5.97 Å². The molecule has 0 bridgehead atoms. The number of thioether (sulfide) groups is 1. The molecule has 9 heteroatoms. The molecule has 0 radical (unpaired) electrons. The number of ether oxygens (including phenoxy) is 1. The van der Waals surface area contributed by atoms with Crippen molar-refractivity contribution in [3.63, 3.8) is 0 Å². The summed E-state index contributed by atoms with van der Waals surface area (Å²) >= 11 is 0.931. The van der Waals surface area contributed by atoms with E-state index < -0.39 is 17.1 Å². The monoisotopic (exact) mass is 592 g/mol. The molecule has 7 atom stereocenters. The Labute approximate surface area is 250 Å². The Bertz CT molecular complexity index is 1410. The minimum absolute atomic E-state index is 0.000843. The molecule has 5 aliphatic carbocycles. The predicted molar refractivity (Wildman–Crippen MR) is 157 cm³/mol. The third kappa shape index (κ3) is 4.58. The molecule has 4 fully saturated rings. The number of benzene rings is 1. The molecule has 42 heavy (non-hydrogen) atoms. The fourth-order valence-corrected chi connectivity index (χ4v) is 9.85.